The van der Waals surface area contributed by atoms with Crippen molar-refractivity contribution in [2.45, 2.75) is 32.4 Å². The number of benzene rings is 1. The first-order valence-electron chi connectivity index (χ1n) is 7.51. The van der Waals surface area contributed by atoms with Gasteiger partial charge >= 0.3 is 5.17 Å². The molecule has 5 nitrogen and oxygen atoms in total. The number of rotatable bonds is 4. The summed E-state index contributed by atoms with van der Waals surface area (Å²) < 4.78 is 0. The minimum atomic E-state index is -0.374. The van der Waals surface area contributed by atoms with Crippen molar-refractivity contribution in [3.8, 4) is 0 Å². The van der Waals surface area contributed by atoms with Crippen LogP contribution in [0, 0.1) is 6.92 Å². The highest BCUT2D eigenvalue weighted by atomic mass is 32.2. The number of carbonyl (C=O) groups is 2. The number of nitrogens with zero attached hydrogens (tertiary/aromatic N) is 1. The number of amidine groups is 1. The number of thioether (sulfide) groups is 1. The van der Waals surface area contributed by atoms with Gasteiger partial charge in [-0.05, 0) is 50.2 Å². The number of aryl methyl sites for hydroxylation is 1. The molecule has 1 aliphatic rings. The zero-order valence-electron chi connectivity index (χ0n) is 13.2. The van der Waals surface area contributed by atoms with Gasteiger partial charge in [-0.15, -0.1) is 0 Å². The molecular formula is C16H22N3O2S+. The van der Waals surface area contributed by atoms with Gasteiger partial charge in [0, 0.05) is 6.42 Å². The average Bonchev–Trinajstić information content (AvgIpc) is 2.74. The number of hydrogen-bond donors (Lipinski definition) is 2. The van der Waals surface area contributed by atoms with Gasteiger partial charge in [0.15, 0.2) is 0 Å². The van der Waals surface area contributed by atoms with E-state index >= 15 is 0 Å². The van der Waals surface area contributed by atoms with Gasteiger partial charge in [0.2, 0.25) is 11.8 Å². The van der Waals surface area contributed by atoms with Crippen molar-refractivity contribution in [2.24, 2.45) is 0 Å². The van der Waals surface area contributed by atoms with Gasteiger partial charge in [-0.3, -0.25) is 19.9 Å². The van der Waals surface area contributed by atoms with E-state index in [1.165, 1.54) is 16.7 Å². The minimum absolute atomic E-state index is 0.138. The highest BCUT2D eigenvalue weighted by molar-refractivity contribution is 8.14. The molecule has 2 N–H and O–H groups in total. The molecule has 1 atom stereocenters. The molecule has 0 spiro atoms. The lowest BCUT2D eigenvalue weighted by molar-refractivity contribution is -0.451. The summed E-state index contributed by atoms with van der Waals surface area (Å²) in [4.78, 5) is 29.3. The Hall–Kier alpha value is -1.82. The third-order valence-electron chi connectivity index (χ3n) is 3.30. The van der Waals surface area contributed by atoms with Crippen LogP contribution >= 0.6 is 11.8 Å². The van der Waals surface area contributed by atoms with Crippen LogP contribution in [0.2, 0.25) is 0 Å². The van der Waals surface area contributed by atoms with Crippen molar-refractivity contribution in [3.63, 3.8) is 0 Å². The maximum Gasteiger partial charge on any atom is 0.304 e. The van der Waals surface area contributed by atoms with Crippen molar-refractivity contribution in [2.75, 3.05) is 18.0 Å². The Labute approximate surface area is 135 Å². The molecule has 1 fully saturated rings. The molecule has 1 aromatic rings. The highest BCUT2D eigenvalue weighted by Crippen LogP contribution is 2.29. The molecule has 0 aromatic heterocycles. The number of imide groups is 1. The first-order chi connectivity index (χ1) is 10.6. The number of anilines is 1. The molecule has 0 bridgehead atoms. The summed E-state index contributed by atoms with van der Waals surface area (Å²) in [5, 5.41) is 3.67. The number of hydrogen-bond acceptors (Lipinski definition) is 3. The van der Waals surface area contributed by atoms with Gasteiger partial charge in [-0.2, -0.15) is 0 Å². The molecule has 1 saturated heterocycles. The van der Waals surface area contributed by atoms with Crippen molar-refractivity contribution in [1.29, 1.82) is 0 Å². The van der Waals surface area contributed by atoms with Crippen LogP contribution in [0.15, 0.2) is 24.3 Å². The normalized spacial score (nSPS) is 19.0. The third-order valence-corrected chi connectivity index (χ3v) is 4.48. The Balaban J connectivity index is 2.16. The molecule has 0 radical (unpaired) electrons. The Morgan fingerprint density at radius 1 is 1.41 bits per heavy atom. The van der Waals surface area contributed by atoms with E-state index in [1.54, 1.807) is 6.07 Å². The van der Waals surface area contributed by atoms with E-state index in [2.05, 4.69) is 10.3 Å². The summed E-state index contributed by atoms with van der Waals surface area (Å²) in [6, 6.07) is 7.47. The van der Waals surface area contributed by atoms with Crippen LogP contribution in [0.4, 0.5) is 5.69 Å². The molecule has 1 aromatic carbocycles. The van der Waals surface area contributed by atoms with Crippen molar-refractivity contribution < 1.29 is 14.6 Å². The number of amides is 2. The van der Waals surface area contributed by atoms with Crippen LogP contribution in [-0.2, 0) is 9.59 Å². The molecule has 1 aliphatic heterocycles. The van der Waals surface area contributed by atoms with Crippen LogP contribution < -0.4 is 15.2 Å². The monoisotopic (exact) mass is 320 g/mol. The van der Waals surface area contributed by atoms with Gasteiger partial charge in [0.05, 0.1) is 18.8 Å². The van der Waals surface area contributed by atoms with Gasteiger partial charge < -0.3 is 0 Å². The Kier molecular flexibility index (Phi) is 5.60. The van der Waals surface area contributed by atoms with E-state index in [9.17, 15) is 9.59 Å². The summed E-state index contributed by atoms with van der Waals surface area (Å²) in [6.45, 7) is 7.48. The van der Waals surface area contributed by atoms with E-state index < -0.39 is 0 Å². The summed E-state index contributed by atoms with van der Waals surface area (Å²) in [6.07, 6.45) is 0.234. The largest absolute Gasteiger partial charge is 0.304 e. The zero-order valence-corrected chi connectivity index (χ0v) is 14.0. The minimum Gasteiger partial charge on any atom is -0.274 e. The molecule has 0 saturated carbocycles. The predicted octanol–water partition coefficient (Wildman–Crippen LogP) is 0.426. The smallest absolute Gasteiger partial charge is 0.274 e. The van der Waals surface area contributed by atoms with E-state index in [0.717, 1.165) is 23.8 Å². The van der Waals surface area contributed by atoms with Crippen molar-refractivity contribution >= 4 is 34.4 Å². The number of nitrogens with one attached hydrogen (secondary N) is 2. The fourth-order valence-electron chi connectivity index (χ4n) is 2.34. The predicted molar refractivity (Wildman–Crippen MR) is 89.9 cm³/mol. The fraction of sp³-hybridized carbons (Fsp3) is 0.438. The molecule has 0 aliphatic carbocycles. The molecule has 6 heteroatoms. The zero-order chi connectivity index (χ0) is 16.1. The molecule has 0 unspecified atom stereocenters. The van der Waals surface area contributed by atoms with Gasteiger partial charge in [0.1, 0.15) is 5.25 Å². The second-order valence-electron chi connectivity index (χ2n) is 5.11. The maximum absolute atomic E-state index is 12.6. The van der Waals surface area contributed by atoms with Gasteiger partial charge in [0.25, 0.3) is 0 Å². The summed E-state index contributed by atoms with van der Waals surface area (Å²) in [5.41, 5.74) is 1.69. The van der Waals surface area contributed by atoms with E-state index in [0.29, 0.717) is 5.69 Å². The fourth-order valence-corrected chi connectivity index (χ4v) is 3.52. The molecule has 2 amide bonds. The maximum atomic E-state index is 12.6. The standard InChI is InChI=1S/C16H21N3O2S/c1-4-17-16(18-5-2)22-13-10-14(20)19(15(13)21)12-8-6-7-11(3)9-12/h6-9,13H,4-5,10H2,1-3H3,(H,17,18)/p+1/t13-/m1/s1. The quantitative estimate of drug-likeness (QED) is 0.480. The molecule has 22 heavy (non-hydrogen) atoms. The van der Waals surface area contributed by atoms with Crippen LogP contribution in [0.25, 0.3) is 0 Å². The Morgan fingerprint density at radius 2 is 2.18 bits per heavy atom. The van der Waals surface area contributed by atoms with Crippen LogP contribution in [0.1, 0.15) is 25.8 Å². The van der Waals surface area contributed by atoms with E-state index in [4.69, 9.17) is 0 Å². The van der Waals surface area contributed by atoms with Gasteiger partial charge in [-0.25, -0.2) is 4.90 Å². The second-order valence-corrected chi connectivity index (χ2v) is 6.32. The number of carbonyl (C=O) groups excluding carboxylic acids is 2. The third kappa shape index (κ3) is 3.68. The van der Waals surface area contributed by atoms with Crippen LogP contribution in [-0.4, -0.2) is 35.3 Å². The summed E-state index contributed by atoms with van der Waals surface area (Å²) >= 11 is 1.40. The molecule has 118 valence electrons. The molecule has 2 rings (SSSR count). The lowest BCUT2D eigenvalue weighted by Gasteiger charge is -2.15. The van der Waals surface area contributed by atoms with Crippen LogP contribution in [0.3, 0.4) is 0 Å². The molecular weight excluding hydrogens is 298 g/mol. The SMILES string of the molecule is CCNC(=[NH+]CC)S[C@@H]1CC(=O)N(c2cccc(C)c2)C1=O. The lowest BCUT2D eigenvalue weighted by atomic mass is 10.2. The highest BCUT2D eigenvalue weighted by Gasteiger charge is 2.41. The van der Waals surface area contributed by atoms with E-state index in [1.807, 2.05) is 39.0 Å². The first kappa shape index (κ1) is 16.5. The summed E-state index contributed by atoms with van der Waals surface area (Å²) in [5.74, 6) is -0.283. The average molecular weight is 320 g/mol. The van der Waals surface area contributed by atoms with Crippen molar-refractivity contribution in [3.05, 3.63) is 29.8 Å². The molecule has 1 heterocycles. The van der Waals surface area contributed by atoms with Crippen LogP contribution in [0.5, 0.6) is 0 Å². The van der Waals surface area contributed by atoms with Gasteiger partial charge in [-0.1, -0.05) is 12.1 Å². The Morgan fingerprint density at radius 3 is 2.82 bits per heavy atom. The van der Waals surface area contributed by atoms with E-state index in [-0.39, 0.29) is 23.5 Å². The summed E-state index contributed by atoms with van der Waals surface area (Å²) in [7, 11) is 0. The first-order valence-corrected chi connectivity index (χ1v) is 8.39. The lowest BCUT2D eigenvalue weighted by Crippen LogP contribution is -2.74. The van der Waals surface area contributed by atoms with Crippen molar-refractivity contribution in [1.82, 2.24) is 5.32 Å². The topological polar surface area (TPSA) is 63.4 Å². The second kappa shape index (κ2) is 7.45. The Bertz CT molecular complexity index is 601.